The monoisotopic (exact) mass is 426 g/mol. The van der Waals surface area contributed by atoms with E-state index in [2.05, 4.69) is 20.2 Å². The van der Waals surface area contributed by atoms with Gasteiger partial charge in [-0.05, 0) is 18.2 Å². The fraction of sp³-hybridized carbons (Fsp3) is 0.190. The molecule has 4 aromatic rings. The lowest BCUT2D eigenvalue weighted by Gasteiger charge is -2.06. The summed E-state index contributed by atoms with van der Waals surface area (Å²) >= 11 is 7.46. The maximum absolute atomic E-state index is 13.2. The summed E-state index contributed by atoms with van der Waals surface area (Å²) in [7, 11) is 0. The Bertz CT molecular complexity index is 1280. The van der Waals surface area contributed by atoms with E-state index in [1.165, 1.54) is 11.3 Å². The number of thiazole rings is 1. The summed E-state index contributed by atoms with van der Waals surface area (Å²) in [5, 5.41) is 7.71. The zero-order chi connectivity index (χ0) is 20.0. The standard InChI is InChI=1S/C21H17ClN4O2S.H2/c22-13-5-3-7-16-18(13)24-21(29-16)25-20(28)19(27)17-12-4-1-2-6-14(12)26-11-10-23-9-8-15(17)26;/h1-7,23H,8-11H2,(H,24,25,28);1H. The van der Waals surface area contributed by atoms with Crippen molar-refractivity contribution in [1.82, 2.24) is 14.9 Å². The Morgan fingerprint density at radius 1 is 1.17 bits per heavy atom. The van der Waals surface area contributed by atoms with Gasteiger partial charge in [0.15, 0.2) is 5.13 Å². The van der Waals surface area contributed by atoms with Crippen molar-refractivity contribution in [1.29, 1.82) is 0 Å². The van der Waals surface area contributed by atoms with Crippen LogP contribution in [0, 0.1) is 0 Å². The minimum atomic E-state index is -0.684. The van der Waals surface area contributed by atoms with Crippen LogP contribution in [-0.4, -0.2) is 34.3 Å². The highest BCUT2D eigenvalue weighted by Crippen LogP contribution is 2.32. The molecular weight excluding hydrogens is 408 g/mol. The third-order valence-corrected chi connectivity index (χ3v) is 6.39. The van der Waals surface area contributed by atoms with Gasteiger partial charge in [0.2, 0.25) is 0 Å². The molecule has 5 rings (SSSR count). The number of aromatic nitrogens is 2. The predicted octanol–water partition coefficient (Wildman–Crippen LogP) is 4.12. The Balaban J connectivity index is 0.00000218. The van der Waals surface area contributed by atoms with Gasteiger partial charge in [0.25, 0.3) is 11.7 Å². The molecule has 0 unspecified atom stereocenters. The van der Waals surface area contributed by atoms with Gasteiger partial charge in [0, 0.05) is 44.1 Å². The highest BCUT2D eigenvalue weighted by Gasteiger charge is 2.28. The summed E-state index contributed by atoms with van der Waals surface area (Å²) in [6.07, 6.45) is 0.694. The number of halogens is 1. The second-order valence-corrected chi connectivity index (χ2v) is 8.32. The number of hydrogen-bond acceptors (Lipinski definition) is 5. The van der Waals surface area contributed by atoms with Crippen LogP contribution < -0.4 is 10.6 Å². The Kier molecular flexibility index (Phi) is 4.58. The van der Waals surface area contributed by atoms with Crippen LogP contribution in [0.3, 0.4) is 0 Å². The minimum absolute atomic E-state index is 0. The lowest BCUT2D eigenvalue weighted by atomic mass is 10.0. The molecule has 3 heterocycles. The molecule has 1 aliphatic rings. The van der Waals surface area contributed by atoms with Gasteiger partial charge in [-0.1, -0.05) is 47.2 Å². The summed E-state index contributed by atoms with van der Waals surface area (Å²) in [5.41, 5.74) is 3.00. The van der Waals surface area contributed by atoms with Gasteiger partial charge in [0.05, 0.1) is 15.3 Å². The summed E-state index contributed by atoms with van der Waals surface area (Å²) in [4.78, 5) is 30.4. The highest BCUT2D eigenvalue weighted by atomic mass is 35.5. The van der Waals surface area contributed by atoms with Crippen LogP contribution in [0.2, 0.25) is 5.02 Å². The van der Waals surface area contributed by atoms with Crippen molar-refractivity contribution >= 4 is 60.9 Å². The van der Waals surface area contributed by atoms with E-state index in [1.54, 1.807) is 6.07 Å². The Morgan fingerprint density at radius 3 is 2.90 bits per heavy atom. The summed E-state index contributed by atoms with van der Waals surface area (Å²) < 4.78 is 3.00. The van der Waals surface area contributed by atoms with Gasteiger partial charge in [-0.15, -0.1) is 0 Å². The molecule has 0 saturated heterocycles. The number of fused-ring (bicyclic) bond motifs is 4. The van der Waals surface area contributed by atoms with Crippen molar-refractivity contribution in [3.63, 3.8) is 0 Å². The van der Waals surface area contributed by atoms with E-state index >= 15 is 0 Å². The number of ketones is 1. The number of hydrogen-bond donors (Lipinski definition) is 2. The smallest absolute Gasteiger partial charge is 0.298 e. The van der Waals surface area contributed by atoms with Gasteiger partial charge < -0.3 is 9.88 Å². The molecule has 148 valence electrons. The van der Waals surface area contributed by atoms with Crippen LogP contribution in [0.1, 0.15) is 17.5 Å². The van der Waals surface area contributed by atoms with Gasteiger partial charge >= 0.3 is 0 Å². The van der Waals surface area contributed by atoms with E-state index in [0.717, 1.165) is 40.9 Å². The molecule has 1 aliphatic heterocycles. The Morgan fingerprint density at radius 2 is 2.03 bits per heavy atom. The van der Waals surface area contributed by atoms with E-state index in [9.17, 15) is 9.59 Å². The molecule has 2 aromatic carbocycles. The number of para-hydroxylation sites is 2. The summed E-state index contributed by atoms with van der Waals surface area (Å²) in [6, 6.07) is 13.2. The highest BCUT2D eigenvalue weighted by molar-refractivity contribution is 7.22. The van der Waals surface area contributed by atoms with Gasteiger partial charge in [0.1, 0.15) is 5.52 Å². The quantitative estimate of drug-likeness (QED) is 0.381. The first-order chi connectivity index (χ1) is 14.1. The van der Waals surface area contributed by atoms with Crippen LogP contribution in [0.25, 0.3) is 21.1 Å². The van der Waals surface area contributed by atoms with Crippen LogP contribution in [0.5, 0.6) is 0 Å². The number of carbonyl (C=O) groups excluding carboxylic acids is 2. The largest absolute Gasteiger partial charge is 0.343 e. The van der Waals surface area contributed by atoms with Gasteiger partial charge in [-0.3, -0.25) is 14.9 Å². The van der Waals surface area contributed by atoms with E-state index in [4.69, 9.17) is 11.6 Å². The van der Waals surface area contributed by atoms with Crippen molar-refractivity contribution in [3.05, 3.63) is 58.7 Å². The van der Waals surface area contributed by atoms with Crippen molar-refractivity contribution in [3.8, 4) is 0 Å². The molecule has 2 aromatic heterocycles. The SMILES string of the molecule is O=C(Nc1nc2c(Cl)cccc2s1)C(=O)c1c2n(c3ccccc13)CCNCC2.[HH]. The zero-order valence-electron chi connectivity index (χ0n) is 15.4. The predicted molar refractivity (Wildman–Crippen MR) is 118 cm³/mol. The van der Waals surface area contributed by atoms with E-state index in [1.807, 2.05) is 36.4 Å². The molecule has 1 amide bonds. The third kappa shape index (κ3) is 3.11. The lowest BCUT2D eigenvalue weighted by Crippen LogP contribution is -2.24. The Hall–Kier alpha value is -2.74. The molecule has 0 atom stereocenters. The number of anilines is 1. The molecule has 0 saturated carbocycles. The maximum Gasteiger partial charge on any atom is 0.298 e. The molecule has 0 radical (unpaired) electrons. The van der Waals surface area contributed by atoms with E-state index < -0.39 is 11.7 Å². The molecule has 0 spiro atoms. The van der Waals surface area contributed by atoms with Crippen molar-refractivity contribution in [2.75, 3.05) is 18.4 Å². The third-order valence-electron chi connectivity index (χ3n) is 5.15. The second-order valence-electron chi connectivity index (χ2n) is 6.88. The van der Waals surface area contributed by atoms with Gasteiger partial charge in [-0.2, -0.15) is 0 Å². The fourth-order valence-electron chi connectivity index (χ4n) is 3.88. The molecule has 2 N–H and O–H groups in total. The minimum Gasteiger partial charge on any atom is -0.343 e. The molecular formula is C21H19ClN4O2S. The zero-order valence-corrected chi connectivity index (χ0v) is 16.9. The molecule has 0 bridgehead atoms. The second kappa shape index (κ2) is 7.26. The van der Waals surface area contributed by atoms with Gasteiger partial charge in [-0.25, -0.2) is 4.98 Å². The fourth-order valence-corrected chi connectivity index (χ4v) is 5.04. The number of rotatable bonds is 3. The summed E-state index contributed by atoms with van der Waals surface area (Å²) in [6.45, 7) is 2.37. The number of amides is 1. The molecule has 6 nitrogen and oxygen atoms in total. The number of Topliss-reactive ketones (excluding diaryl/α,β-unsaturated/α-hetero) is 1. The van der Waals surface area contributed by atoms with Crippen LogP contribution >= 0.6 is 22.9 Å². The normalized spacial score (nSPS) is 14.0. The first-order valence-corrected chi connectivity index (χ1v) is 10.5. The summed E-state index contributed by atoms with van der Waals surface area (Å²) in [5.74, 6) is -1.22. The number of carbonyl (C=O) groups is 2. The van der Waals surface area contributed by atoms with Crippen molar-refractivity contribution in [2.45, 2.75) is 13.0 Å². The molecule has 0 fully saturated rings. The number of nitrogens with zero attached hydrogens (tertiary/aromatic N) is 2. The number of nitrogens with one attached hydrogen (secondary N) is 2. The molecule has 8 heteroatoms. The van der Waals surface area contributed by atoms with Crippen LogP contribution in [-0.2, 0) is 17.8 Å². The first-order valence-electron chi connectivity index (χ1n) is 9.35. The number of benzene rings is 2. The molecule has 0 aliphatic carbocycles. The maximum atomic E-state index is 13.2. The average molecular weight is 427 g/mol. The van der Waals surface area contributed by atoms with E-state index in [0.29, 0.717) is 27.7 Å². The lowest BCUT2D eigenvalue weighted by molar-refractivity contribution is -0.112. The average Bonchev–Trinajstić information content (AvgIpc) is 3.17. The topological polar surface area (TPSA) is 76.0 Å². The van der Waals surface area contributed by atoms with Crippen molar-refractivity contribution < 1.29 is 11.0 Å². The van der Waals surface area contributed by atoms with Crippen molar-refractivity contribution in [2.24, 2.45) is 0 Å². The van der Waals surface area contributed by atoms with Crippen LogP contribution in [0.15, 0.2) is 42.5 Å². The Labute approximate surface area is 177 Å². The molecule has 29 heavy (non-hydrogen) atoms. The van der Waals surface area contributed by atoms with E-state index in [-0.39, 0.29) is 1.43 Å². The first kappa shape index (κ1) is 18.3. The van der Waals surface area contributed by atoms with Crippen LogP contribution in [0.4, 0.5) is 5.13 Å².